The molecule has 0 nitrogen and oxygen atoms in total. The minimum atomic E-state index is -1.26. The van der Waals surface area contributed by atoms with Crippen LogP contribution in [0.1, 0.15) is 11.1 Å². The van der Waals surface area contributed by atoms with Crippen molar-refractivity contribution in [3.63, 3.8) is 0 Å². The molecular formula is C12H15BrSi. The average Bonchev–Trinajstić information content (AvgIpc) is 2.05. The lowest BCUT2D eigenvalue weighted by Gasteiger charge is -2.04. The zero-order valence-corrected chi connectivity index (χ0v) is 11.7. The van der Waals surface area contributed by atoms with E-state index in [0.717, 1.165) is 10.0 Å². The Bertz CT molecular complexity index is 391. The largest absolute Gasteiger partial charge is 0.129 e. The summed E-state index contributed by atoms with van der Waals surface area (Å²) in [4.78, 5) is 0. The molecule has 1 rings (SSSR count). The fraction of sp³-hybridized carbons (Fsp3) is 0.333. The van der Waals surface area contributed by atoms with E-state index < -0.39 is 8.07 Å². The number of hydrogen-bond donors (Lipinski definition) is 0. The topological polar surface area (TPSA) is 0 Å². The maximum atomic E-state index is 3.51. The predicted octanol–water partition coefficient (Wildman–Crippen LogP) is 3.99. The SMILES string of the molecule is Cc1ccc(Br)c(C#C[Si](C)(C)C)c1. The monoisotopic (exact) mass is 266 g/mol. The Hall–Kier alpha value is -0.523. The Kier molecular flexibility index (Phi) is 3.57. The molecular weight excluding hydrogens is 252 g/mol. The predicted molar refractivity (Wildman–Crippen MR) is 69.1 cm³/mol. The van der Waals surface area contributed by atoms with Crippen LogP contribution in [0.4, 0.5) is 0 Å². The maximum Gasteiger partial charge on any atom is 0.129 e. The molecule has 1 aromatic carbocycles. The van der Waals surface area contributed by atoms with Gasteiger partial charge in [-0.25, -0.2) is 0 Å². The fourth-order valence-corrected chi connectivity index (χ4v) is 1.85. The Balaban J connectivity index is 3.06. The van der Waals surface area contributed by atoms with E-state index in [2.05, 4.69) is 72.2 Å². The number of halogens is 1. The molecule has 0 atom stereocenters. The molecule has 0 fully saturated rings. The summed E-state index contributed by atoms with van der Waals surface area (Å²) in [5.41, 5.74) is 5.73. The second-order valence-electron chi connectivity index (χ2n) is 4.48. The van der Waals surface area contributed by atoms with Gasteiger partial charge in [0, 0.05) is 10.0 Å². The first-order valence-electron chi connectivity index (χ1n) is 4.68. The molecule has 2 heteroatoms. The van der Waals surface area contributed by atoms with Gasteiger partial charge >= 0.3 is 0 Å². The summed E-state index contributed by atoms with van der Waals surface area (Å²) in [6, 6.07) is 6.27. The van der Waals surface area contributed by atoms with E-state index in [1.165, 1.54) is 5.56 Å². The zero-order chi connectivity index (χ0) is 10.8. The summed E-state index contributed by atoms with van der Waals surface area (Å²) < 4.78 is 1.09. The summed E-state index contributed by atoms with van der Waals surface area (Å²) in [5.74, 6) is 3.26. The first-order valence-corrected chi connectivity index (χ1v) is 8.97. The van der Waals surface area contributed by atoms with Crippen LogP contribution in [0.5, 0.6) is 0 Å². The highest BCUT2D eigenvalue weighted by Crippen LogP contribution is 2.17. The summed E-state index contributed by atoms with van der Waals surface area (Å²) in [7, 11) is -1.26. The van der Waals surface area contributed by atoms with Crippen molar-refractivity contribution in [1.82, 2.24) is 0 Å². The molecule has 0 N–H and O–H groups in total. The number of hydrogen-bond acceptors (Lipinski definition) is 0. The first kappa shape index (κ1) is 11.6. The van der Waals surface area contributed by atoms with Crippen LogP contribution in [-0.2, 0) is 0 Å². The standard InChI is InChI=1S/C12H15BrSi/c1-10-5-6-12(13)11(9-10)7-8-14(2,3)4/h5-6,9H,1-4H3. The van der Waals surface area contributed by atoms with Crippen LogP contribution in [0.2, 0.25) is 19.6 Å². The molecule has 0 bridgehead atoms. The molecule has 0 aliphatic rings. The van der Waals surface area contributed by atoms with Crippen LogP contribution in [0, 0.1) is 18.4 Å². The second kappa shape index (κ2) is 4.33. The van der Waals surface area contributed by atoms with Crippen molar-refractivity contribution in [3.8, 4) is 11.5 Å². The van der Waals surface area contributed by atoms with E-state index in [1.54, 1.807) is 0 Å². The second-order valence-corrected chi connectivity index (χ2v) is 10.1. The van der Waals surface area contributed by atoms with E-state index in [9.17, 15) is 0 Å². The van der Waals surface area contributed by atoms with Crippen molar-refractivity contribution in [2.75, 3.05) is 0 Å². The van der Waals surface area contributed by atoms with Gasteiger partial charge in [0.2, 0.25) is 0 Å². The average molecular weight is 267 g/mol. The summed E-state index contributed by atoms with van der Waals surface area (Å²) in [6.07, 6.45) is 0. The van der Waals surface area contributed by atoms with Gasteiger partial charge in [-0.3, -0.25) is 0 Å². The van der Waals surface area contributed by atoms with E-state index >= 15 is 0 Å². The zero-order valence-electron chi connectivity index (χ0n) is 9.11. The molecule has 1 aromatic rings. The van der Waals surface area contributed by atoms with Gasteiger partial charge in [-0.15, -0.1) is 5.54 Å². The third kappa shape index (κ3) is 3.69. The molecule has 0 saturated heterocycles. The molecule has 0 aliphatic heterocycles. The minimum absolute atomic E-state index is 1.09. The molecule has 0 aliphatic carbocycles. The summed E-state index contributed by atoms with van der Waals surface area (Å²) in [5, 5.41) is 0. The number of aryl methyl sites for hydroxylation is 1. The van der Waals surface area contributed by atoms with Crippen molar-refractivity contribution >= 4 is 24.0 Å². The molecule has 0 spiro atoms. The van der Waals surface area contributed by atoms with Crippen LogP contribution in [-0.4, -0.2) is 8.07 Å². The maximum absolute atomic E-state index is 3.51. The molecule has 14 heavy (non-hydrogen) atoms. The third-order valence-corrected chi connectivity index (χ3v) is 3.26. The Morgan fingerprint density at radius 2 is 1.86 bits per heavy atom. The van der Waals surface area contributed by atoms with Gasteiger partial charge in [-0.05, 0) is 40.5 Å². The van der Waals surface area contributed by atoms with Crippen LogP contribution in [0.15, 0.2) is 22.7 Å². The highest BCUT2D eigenvalue weighted by Gasteiger charge is 2.07. The molecule has 0 heterocycles. The highest BCUT2D eigenvalue weighted by molar-refractivity contribution is 9.10. The number of benzene rings is 1. The van der Waals surface area contributed by atoms with Crippen molar-refractivity contribution in [2.24, 2.45) is 0 Å². The van der Waals surface area contributed by atoms with Crippen molar-refractivity contribution in [2.45, 2.75) is 26.6 Å². The molecule has 0 amide bonds. The lowest BCUT2D eigenvalue weighted by Crippen LogP contribution is -2.16. The molecule has 0 unspecified atom stereocenters. The van der Waals surface area contributed by atoms with Crippen LogP contribution < -0.4 is 0 Å². The summed E-state index contributed by atoms with van der Waals surface area (Å²) >= 11 is 3.51. The quantitative estimate of drug-likeness (QED) is 0.492. The van der Waals surface area contributed by atoms with Gasteiger partial charge in [0.1, 0.15) is 8.07 Å². The van der Waals surface area contributed by atoms with Crippen LogP contribution in [0.3, 0.4) is 0 Å². The van der Waals surface area contributed by atoms with Gasteiger partial charge in [0.05, 0.1) is 0 Å². The molecule has 74 valence electrons. The van der Waals surface area contributed by atoms with Crippen molar-refractivity contribution in [3.05, 3.63) is 33.8 Å². The molecule has 0 aromatic heterocycles. The van der Waals surface area contributed by atoms with Crippen LogP contribution in [0.25, 0.3) is 0 Å². The minimum Gasteiger partial charge on any atom is -0.127 e. The number of rotatable bonds is 0. The highest BCUT2D eigenvalue weighted by atomic mass is 79.9. The summed E-state index contributed by atoms with van der Waals surface area (Å²) in [6.45, 7) is 8.85. The lowest BCUT2D eigenvalue weighted by molar-refractivity contribution is 1.43. The third-order valence-electron chi connectivity index (χ3n) is 1.69. The van der Waals surface area contributed by atoms with Crippen molar-refractivity contribution < 1.29 is 0 Å². The fourth-order valence-electron chi connectivity index (χ4n) is 0.990. The normalized spacial score (nSPS) is 10.6. The Morgan fingerprint density at radius 1 is 1.21 bits per heavy atom. The Morgan fingerprint density at radius 3 is 2.43 bits per heavy atom. The van der Waals surface area contributed by atoms with Crippen molar-refractivity contribution in [1.29, 1.82) is 0 Å². The van der Waals surface area contributed by atoms with E-state index in [1.807, 2.05) is 0 Å². The van der Waals surface area contributed by atoms with E-state index in [0.29, 0.717) is 0 Å². The van der Waals surface area contributed by atoms with Crippen LogP contribution >= 0.6 is 15.9 Å². The van der Waals surface area contributed by atoms with Gasteiger partial charge in [0.15, 0.2) is 0 Å². The lowest BCUT2D eigenvalue weighted by atomic mass is 10.1. The van der Waals surface area contributed by atoms with E-state index in [4.69, 9.17) is 0 Å². The van der Waals surface area contributed by atoms with Gasteiger partial charge < -0.3 is 0 Å². The smallest absolute Gasteiger partial charge is 0.127 e. The first-order chi connectivity index (χ1) is 6.38. The van der Waals surface area contributed by atoms with E-state index in [-0.39, 0.29) is 0 Å². The van der Waals surface area contributed by atoms with Gasteiger partial charge in [-0.2, -0.15) is 0 Å². The van der Waals surface area contributed by atoms with Gasteiger partial charge in [0.25, 0.3) is 0 Å². The molecule has 0 saturated carbocycles. The van der Waals surface area contributed by atoms with Gasteiger partial charge in [-0.1, -0.05) is 31.6 Å². The molecule has 0 radical (unpaired) electrons. The Labute approximate surface area is 95.9 Å².